The van der Waals surface area contributed by atoms with Crippen molar-refractivity contribution in [3.8, 4) is 5.75 Å². The smallest absolute Gasteiger partial charge is 0.122 e. The lowest BCUT2D eigenvalue weighted by molar-refractivity contribution is 0.204. The summed E-state index contributed by atoms with van der Waals surface area (Å²) < 4.78 is 5.69. The lowest BCUT2D eigenvalue weighted by atomic mass is 9.91. The molecule has 0 aromatic heterocycles. The van der Waals surface area contributed by atoms with Crippen molar-refractivity contribution in [2.24, 2.45) is 11.7 Å². The first-order chi connectivity index (χ1) is 7.08. The molecule has 0 radical (unpaired) electrons. The van der Waals surface area contributed by atoms with E-state index in [1.165, 1.54) is 5.56 Å². The van der Waals surface area contributed by atoms with Crippen molar-refractivity contribution in [2.75, 3.05) is 6.61 Å². The summed E-state index contributed by atoms with van der Waals surface area (Å²) in [5.41, 5.74) is 8.12. The Morgan fingerprint density at radius 1 is 1.53 bits per heavy atom. The molecule has 3 heteroatoms. The predicted octanol–water partition coefficient (Wildman–Crippen LogP) is 2.55. The summed E-state index contributed by atoms with van der Waals surface area (Å²) in [6.07, 6.45) is 0.965. The minimum atomic E-state index is 0.165. The van der Waals surface area contributed by atoms with Gasteiger partial charge in [-0.3, -0.25) is 0 Å². The van der Waals surface area contributed by atoms with E-state index in [-0.39, 0.29) is 6.04 Å². The van der Waals surface area contributed by atoms with Gasteiger partial charge >= 0.3 is 0 Å². The summed E-state index contributed by atoms with van der Waals surface area (Å²) in [6.45, 7) is 4.73. The molecule has 2 N–H and O–H groups in total. The van der Waals surface area contributed by atoms with E-state index in [9.17, 15) is 0 Å². The summed E-state index contributed by atoms with van der Waals surface area (Å²) in [5, 5.41) is 0.808. The second-order valence-electron chi connectivity index (χ2n) is 4.34. The topological polar surface area (TPSA) is 35.2 Å². The van der Waals surface area contributed by atoms with Crippen LogP contribution in [0.5, 0.6) is 5.75 Å². The SMILES string of the molecule is Cc1cc2c(cc1Cl)CC(C(C)N)CO2. The molecule has 0 spiro atoms. The van der Waals surface area contributed by atoms with Crippen molar-refractivity contribution in [3.63, 3.8) is 0 Å². The van der Waals surface area contributed by atoms with Crippen molar-refractivity contribution < 1.29 is 4.74 Å². The van der Waals surface area contributed by atoms with Gasteiger partial charge in [0.2, 0.25) is 0 Å². The third kappa shape index (κ3) is 2.11. The Hall–Kier alpha value is -0.730. The maximum Gasteiger partial charge on any atom is 0.122 e. The molecule has 2 rings (SSSR count). The lowest BCUT2D eigenvalue weighted by Crippen LogP contribution is -2.35. The molecule has 1 aromatic rings. The van der Waals surface area contributed by atoms with Gasteiger partial charge in [0.25, 0.3) is 0 Å². The molecule has 0 amide bonds. The molecule has 2 nitrogen and oxygen atoms in total. The van der Waals surface area contributed by atoms with Crippen LogP contribution < -0.4 is 10.5 Å². The number of nitrogens with two attached hydrogens (primary N) is 1. The van der Waals surface area contributed by atoms with Gasteiger partial charge in [-0.1, -0.05) is 11.6 Å². The average Bonchev–Trinajstić information content (AvgIpc) is 2.19. The standard InChI is InChI=1S/C12H16ClNO/c1-7-3-12-9(5-11(7)13)4-10(6-15-12)8(2)14/h3,5,8,10H,4,6,14H2,1-2H3. The minimum Gasteiger partial charge on any atom is -0.493 e. The Balaban J connectivity index is 2.30. The molecular weight excluding hydrogens is 210 g/mol. The van der Waals surface area contributed by atoms with Gasteiger partial charge in [-0.2, -0.15) is 0 Å². The van der Waals surface area contributed by atoms with E-state index < -0.39 is 0 Å². The fourth-order valence-electron chi connectivity index (χ4n) is 1.87. The molecule has 15 heavy (non-hydrogen) atoms. The fraction of sp³-hybridized carbons (Fsp3) is 0.500. The summed E-state index contributed by atoms with van der Waals surface area (Å²) >= 11 is 6.09. The van der Waals surface area contributed by atoms with Crippen LogP contribution in [0.15, 0.2) is 12.1 Å². The van der Waals surface area contributed by atoms with E-state index >= 15 is 0 Å². The predicted molar refractivity (Wildman–Crippen MR) is 62.5 cm³/mol. The van der Waals surface area contributed by atoms with Crippen LogP contribution in [0.3, 0.4) is 0 Å². The van der Waals surface area contributed by atoms with E-state index in [1.54, 1.807) is 0 Å². The molecular formula is C12H16ClNO. The Kier molecular flexibility index (Phi) is 2.89. The normalized spacial score (nSPS) is 21.7. The van der Waals surface area contributed by atoms with Crippen molar-refractivity contribution in [3.05, 3.63) is 28.3 Å². The summed E-state index contributed by atoms with van der Waals surface area (Å²) in [7, 11) is 0. The highest BCUT2D eigenvalue weighted by Crippen LogP contribution is 2.32. The molecule has 0 fully saturated rings. The zero-order valence-electron chi connectivity index (χ0n) is 9.09. The van der Waals surface area contributed by atoms with Crippen LogP contribution in [0.2, 0.25) is 5.02 Å². The molecule has 0 aliphatic carbocycles. The molecule has 2 unspecified atom stereocenters. The van der Waals surface area contributed by atoms with Crippen LogP contribution in [-0.4, -0.2) is 12.6 Å². The maximum absolute atomic E-state index is 6.09. The van der Waals surface area contributed by atoms with Crippen LogP contribution in [-0.2, 0) is 6.42 Å². The Labute approximate surface area is 95.4 Å². The molecule has 0 saturated carbocycles. The maximum atomic E-state index is 6.09. The molecule has 0 saturated heterocycles. The van der Waals surface area contributed by atoms with Crippen molar-refractivity contribution >= 4 is 11.6 Å². The summed E-state index contributed by atoms with van der Waals surface area (Å²) in [4.78, 5) is 0. The largest absolute Gasteiger partial charge is 0.493 e. The van der Waals surface area contributed by atoms with Gasteiger partial charge in [0.1, 0.15) is 5.75 Å². The van der Waals surface area contributed by atoms with Crippen molar-refractivity contribution in [1.29, 1.82) is 0 Å². The van der Waals surface area contributed by atoms with E-state index in [0.29, 0.717) is 12.5 Å². The van der Waals surface area contributed by atoms with Crippen LogP contribution in [0.4, 0.5) is 0 Å². The molecule has 82 valence electrons. The number of hydrogen-bond donors (Lipinski definition) is 1. The Bertz CT molecular complexity index is 376. The second kappa shape index (κ2) is 4.03. The minimum absolute atomic E-state index is 0.165. The zero-order valence-corrected chi connectivity index (χ0v) is 9.84. The zero-order chi connectivity index (χ0) is 11.0. The second-order valence-corrected chi connectivity index (χ2v) is 4.75. The highest BCUT2D eigenvalue weighted by Gasteiger charge is 2.23. The number of benzene rings is 1. The van der Waals surface area contributed by atoms with Crippen molar-refractivity contribution in [2.45, 2.75) is 26.3 Å². The highest BCUT2D eigenvalue weighted by atomic mass is 35.5. The molecule has 1 heterocycles. The quantitative estimate of drug-likeness (QED) is 0.797. The van der Waals surface area contributed by atoms with Gasteiger partial charge in [-0.05, 0) is 43.5 Å². The number of hydrogen-bond acceptors (Lipinski definition) is 2. The number of fused-ring (bicyclic) bond motifs is 1. The molecule has 0 bridgehead atoms. The van der Waals surface area contributed by atoms with Crippen LogP contribution in [0, 0.1) is 12.8 Å². The van der Waals surface area contributed by atoms with E-state index in [0.717, 1.165) is 22.8 Å². The van der Waals surface area contributed by atoms with Crippen LogP contribution in [0.25, 0.3) is 0 Å². The van der Waals surface area contributed by atoms with Gasteiger partial charge in [0, 0.05) is 17.0 Å². The molecule has 1 aromatic carbocycles. The summed E-state index contributed by atoms with van der Waals surface area (Å²) in [5.74, 6) is 1.37. The molecule has 1 aliphatic rings. The Morgan fingerprint density at radius 2 is 2.27 bits per heavy atom. The highest BCUT2D eigenvalue weighted by molar-refractivity contribution is 6.31. The summed E-state index contributed by atoms with van der Waals surface area (Å²) in [6, 6.07) is 4.17. The number of aryl methyl sites for hydroxylation is 1. The first-order valence-corrected chi connectivity index (χ1v) is 5.63. The fourth-order valence-corrected chi connectivity index (χ4v) is 2.05. The van der Waals surface area contributed by atoms with Gasteiger partial charge in [0.15, 0.2) is 0 Å². The van der Waals surface area contributed by atoms with Gasteiger partial charge < -0.3 is 10.5 Å². The first-order valence-electron chi connectivity index (χ1n) is 5.25. The first kappa shape index (κ1) is 10.8. The van der Waals surface area contributed by atoms with Crippen molar-refractivity contribution in [1.82, 2.24) is 0 Å². The van der Waals surface area contributed by atoms with Gasteiger partial charge in [-0.15, -0.1) is 0 Å². The van der Waals surface area contributed by atoms with E-state index in [4.69, 9.17) is 22.1 Å². The Morgan fingerprint density at radius 3 is 2.93 bits per heavy atom. The van der Waals surface area contributed by atoms with Crippen LogP contribution in [0.1, 0.15) is 18.1 Å². The number of rotatable bonds is 1. The average molecular weight is 226 g/mol. The van der Waals surface area contributed by atoms with Gasteiger partial charge in [0.05, 0.1) is 6.61 Å². The van der Waals surface area contributed by atoms with E-state index in [2.05, 4.69) is 0 Å². The number of halogens is 1. The van der Waals surface area contributed by atoms with Gasteiger partial charge in [-0.25, -0.2) is 0 Å². The lowest BCUT2D eigenvalue weighted by Gasteiger charge is -2.28. The van der Waals surface area contributed by atoms with Crippen LogP contribution >= 0.6 is 11.6 Å². The third-order valence-electron chi connectivity index (χ3n) is 3.02. The number of ether oxygens (including phenoxy) is 1. The monoisotopic (exact) mass is 225 g/mol. The third-order valence-corrected chi connectivity index (χ3v) is 3.43. The molecule has 1 aliphatic heterocycles. The van der Waals surface area contributed by atoms with E-state index in [1.807, 2.05) is 26.0 Å². The molecule has 2 atom stereocenters.